The van der Waals surface area contributed by atoms with E-state index in [1.54, 1.807) is 18.6 Å². The molecule has 0 saturated carbocycles. The van der Waals surface area contributed by atoms with E-state index < -0.39 is 0 Å². The first-order chi connectivity index (χ1) is 13.7. The lowest BCUT2D eigenvalue weighted by atomic mass is 9.84. The summed E-state index contributed by atoms with van der Waals surface area (Å²) in [6.07, 6.45) is 8.91. The van der Waals surface area contributed by atoms with Crippen LogP contribution in [0.25, 0.3) is 5.65 Å². The van der Waals surface area contributed by atoms with Gasteiger partial charge in [-0.25, -0.2) is 4.98 Å². The van der Waals surface area contributed by atoms with Crippen LogP contribution in [0.3, 0.4) is 0 Å². The summed E-state index contributed by atoms with van der Waals surface area (Å²) in [6, 6.07) is 9.64. The predicted octanol–water partition coefficient (Wildman–Crippen LogP) is 2.32. The van der Waals surface area contributed by atoms with Crippen LogP contribution in [0.1, 0.15) is 28.9 Å². The first-order valence-electron chi connectivity index (χ1n) is 9.58. The standard InChI is InChI=1S/C21H22N4O3/c26-20(18-12-23-19-3-1-2-9-25(18)19)24-14-21(15-24)11-17(6-10-28-21)27-13-16-4-7-22-8-5-16/h1-5,7-9,12,17H,6,10-11,13-15H2. The minimum Gasteiger partial charge on any atom is -0.373 e. The van der Waals surface area contributed by atoms with E-state index in [-0.39, 0.29) is 17.6 Å². The minimum absolute atomic E-state index is 0.00671. The molecule has 28 heavy (non-hydrogen) atoms. The van der Waals surface area contributed by atoms with Crippen LogP contribution in [0.5, 0.6) is 0 Å². The SMILES string of the molecule is O=C(c1cnc2ccccn12)N1CC2(CC(OCc3ccncc3)CCO2)C1. The molecular weight excluding hydrogens is 356 g/mol. The Labute approximate surface area is 162 Å². The van der Waals surface area contributed by atoms with E-state index in [2.05, 4.69) is 9.97 Å². The number of imidazole rings is 1. The number of pyridine rings is 2. The van der Waals surface area contributed by atoms with Gasteiger partial charge in [-0.15, -0.1) is 0 Å². The Kier molecular flexibility index (Phi) is 4.33. The Morgan fingerprint density at radius 2 is 2.11 bits per heavy atom. The van der Waals surface area contributed by atoms with Crippen molar-refractivity contribution in [1.82, 2.24) is 19.3 Å². The monoisotopic (exact) mass is 378 g/mol. The van der Waals surface area contributed by atoms with E-state index in [1.165, 1.54) is 0 Å². The number of aromatic nitrogens is 3. The van der Waals surface area contributed by atoms with Crippen molar-refractivity contribution in [3.05, 3.63) is 66.4 Å². The summed E-state index contributed by atoms with van der Waals surface area (Å²) in [6.45, 7) is 2.44. The summed E-state index contributed by atoms with van der Waals surface area (Å²) in [5.74, 6) is -0.00671. The molecule has 7 heteroatoms. The van der Waals surface area contributed by atoms with Gasteiger partial charge in [0.15, 0.2) is 0 Å². The summed E-state index contributed by atoms with van der Waals surface area (Å²) in [4.78, 5) is 23.1. The molecule has 1 amide bonds. The van der Waals surface area contributed by atoms with Gasteiger partial charge in [0.1, 0.15) is 16.9 Å². The van der Waals surface area contributed by atoms with E-state index in [1.807, 2.05) is 45.8 Å². The Morgan fingerprint density at radius 1 is 1.25 bits per heavy atom. The Balaban J connectivity index is 1.21. The summed E-state index contributed by atoms with van der Waals surface area (Å²) < 4.78 is 14.0. The third-order valence-corrected chi connectivity index (χ3v) is 5.56. The predicted molar refractivity (Wildman–Crippen MR) is 102 cm³/mol. The van der Waals surface area contributed by atoms with Gasteiger partial charge in [-0.3, -0.25) is 14.2 Å². The number of carbonyl (C=O) groups excluding carboxylic acids is 1. The number of fused-ring (bicyclic) bond motifs is 1. The van der Waals surface area contributed by atoms with Crippen molar-refractivity contribution in [3.63, 3.8) is 0 Å². The average molecular weight is 378 g/mol. The molecule has 1 atom stereocenters. The van der Waals surface area contributed by atoms with Crippen molar-refractivity contribution < 1.29 is 14.3 Å². The summed E-state index contributed by atoms with van der Waals surface area (Å²) >= 11 is 0. The number of rotatable bonds is 4. The van der Waals surface area contributed by atoms with E-state index in [0.717, 1.165) is 24.1 Å². The molecule has 1 spiro atoms. The highest BCUT2D eigenvalue weighted by Gasteiger charge is 2.50. The van der Waals surface area contributed by atoms with Crippen LogP contribution in [-0.2, 0) is 16.1 Å². The molecule has 3 aromatic heterocycles. The van der Waals surface area contributed by atoms with Crippen molar-refractivity contribution in [2.45, 2.75) is 31.2 Å². The molecular formula is C21H22N4O3. The van der Waals surface area contributed by atoms with E-state index in [4.69, 9.17) is 9.47 Å². The van der Waals surface area contributed by atoms with Crippen LogP contribution in [0, 0.1) is 0 Å². The zero-order valence-corrected chi connectivity index (χ0v) is 15.5. The van der Waals surface area contributed by atoms with E-state index >= 15 is 0 Å². The first kappa shape index (κ1) is 17.3. The zero-order chi connectivity index (χ0) is 19.0. The lowest BCUT2D eigenvalue weighted by Crippen LogP contribution is -2.67. The van der Waals surface area contributed by atoms with Gasteiger partial charge in [0.25, 0.3) is 5.91 Å². The molecule has 2 aliphatic heterocycles. The van der Waals surface area contributed by atoms with Gasteiger partial charge in [-0.2, -0.15) is 0 Å². The van der Waals surface area contributed by atoms with Crippen LogP contribution in [-0.4, -0.2) is 56.6 Å². The fourth-order valence-electron chi connectivity index (χ4n) is 4.08. The summed E-state index contributed by atoms with van der Waals surface area (Å²) in [5, 5.41) is 0. The molecule has 0 radical (unpaired) electrons. The van der Waals surface area contributed by atoms with Crippen LogP contribution in [0.2, 0.25) is 0 Å². The number of likely N-dealkylation sites (tertiary alicyclic amines) is 1. The van der Waals surface area contributed by atoms with Gasteiger partial charge < -0.3 is 14.4 Å². The van der Waals surface area contributed by atoms with E-state index in [0.29, 0.717) is 32.0 Å². The topological polar surface area (TPSA) is 69.0 Å². The lowest BCUT2D eigenvalue weighted by Gasteiger charge is -2.52. The Morgan fingerprint density at radius 3 is 2.96 bits per heavy atom. The summed E-state index contributed by atoms with van der Waals surface area (Å²) in [5.41, 5.74) is 2.21. The zero-order valence-electron chi connectivity index (χ0n) is 15.5. The third-order valence-electron chi connectivity index (χ3n) is 5.56. The Hall–Kier alpha value is -2.77. The molecule has 0 N–H and O–H groups in total. The molecule has 0 aliphatic carbocycles. The van der Waals surface area contributed by atoms with Crippen molar-refractivity contribution in [1.29, 1.82) is 0 Å². The number of ether oxygens (including phenoxy) is 2. The highest BCUT2D eigenvalue weighted by molar-refractivity contribution is 5.94. The normalized spacial score (nSPS) is 21.0. The number of hydrogen-bond donors (Lipinski definition) is 0. The maximum Gasteiger partial charge on any atom is 0.272 e. The van der Waals surface area contributed by atoms with Crippen LogP contribution >= 0.6 is 0 Å². The number of nitrogens with zero attached hydrogens (tertiary/aromatic N) is 4. The fraction of sp³-hybridized carbons (Fsp3) is 0.381. The smallest absolute Gasteiger partial charge is 0.272 e. The maximum absolute atomic E-state index is 12.9. The first-order valence-corrected chi connectivity index (χ1v) is 9.58. The molecule has 0 bridgehead atoms. The number of amides is 1. The van der Waals surface area contributed by atoms with Crippen molar-refractivity contribution in [2.24, 2.45) is 0 Å². The van der Waals surface area contributed by atoms with Gasteiger partial charge in [0, 0.05) is 31.6 Å². The maximum atomic E-state index is 12.9. The van der Waals surface area contributed by atoms with Gasteiger partial charge in [-0.1, -0.05) is 6.07 Å². The van der Waals surface area contributed by atoms with Crippen molar-refractivity contribution in [2.75, 3.05) is 19.7 Å². The number of hydrogen-bond acceptors (Lipinski definition) is 5. The largest absolute Gasteiger partial charge is 0.373 e. The van der Waals surface area contributed by atoms with Crippen molar-refractivity contribution in [3.8, 4) is 0 Å². The van der Waals surface area contributed by atoms with Gasteiger partial charge in [0.2, 0.25) is 0 Å². The summed E-state index contributed by atoms with van der Waals surface area (Å²) in [7, 11) is 0. The van der Waals surface area contributed by atoms with E-state index in [9.17, 15) is 4.79 Å². The quantitative estimate of drug-likeness (QED) is 0.697. The molecule has 2 fully saturated rings. The van der Waals surface area contributed by atoms with Crippen molar-refractivity contribution >= 4 is 11.6 Å². The number of carbonyl (C=O) groups is 1. The molecule has 5 rings (SSSR count). The van der Waals surface area contributed by atoms with Crippen LogP contribution in [0.15, 0.2) is 55.1 Å². The average Bonchev–Trinajstić information content (AvgIpc) is 3.15. The van der Waals surface area contributed by atoms with Gasteiger partial charge in [0.05, 0.1) is 32.0 Å². The van der Waals surface area contributed by atoms with Crippen LogP contribution < -0.4 is 0 Å². The minimum atomic E-state index is -0.280. The molecule has 5 heterocycles. The molecule has 144 valence electrons. The molecule has 2 saturated heterocycles. The molecule has 7 nitrogen and oxygen atoms in total. The molecule has 2 aliphatic rings. The second kappa shape index (κ2) is 7.00. The van der Waals surface area contributed by atoms with Crippen LogP contribution in [0.4, 0.5) is 0 Å². The molecule has 3 aromatic rings. The van der Waals surface area contributed by atoms with Gasteiger partial charge in [-0.05, 0) is 36.2 Å². The molecule has 1 unspecified atom stereocenters. The fourth-order valence-corrected chi connectivity index (χ4v) is 4.08. The second-order valence-electron chi connectivity index (χ2n) is 7.55. The third kappa shape index (κ3) is 3.16. The Bertz CT molecular complexity index is 981. The second-order valence-corrected chi connectivity index (χ2v) is 7.55. The highest BCUT2D eigenvalue weighted by atomic mass is 16.5. The highest BCUT2D eigenvalue weighted by Crippen LogP contribution is 2.36. The lowest BCUT2D eigenvalue weighted by molar-refractivity contribution is -0.188. The molecule has 0 aromatic carbocycles. The van der Waals surface area contributed by atoms with Gasteiger partial charge >= 0.3 is 0 Å².